The van der Waals surface area contributed by atoms with Gasteiger partial charge in [-0.05, 0) is 0 Å². The predicted molar refractivity (Wildman–Crippen MR) is 171 cm³/mol. The van der Waals surface area contributed by atoms with Gasteiger partial charge in [0.1, 0.15) is 0 Å². The van der Waals surface area contributed by atoms with Gasteiger partial charge in [0.25, 0.3) is 0 Å². The molecule has 0 N–H and O–H groups in total. The summed E-state index contributed by atoms with van der Waals surface area (Å²) in [4.78, 5) is 22.1. The number of nitrogens with zero attached hydrogens (tertiary/aromatic N) is 5. The van der Waals surface area contributed by atoms with Crippen LogP contribution in [0.25, 0.3) is 33.6 Å². The third-order valence-electron chi connectivity index (χ3n) is 7.07. The first kappa shape index (κ1) is 33.0. The Kier molecular flexibility index (Phi) is 10.4. The van der Waals surface area contributed by atoms with Gasteiger partial charge in [-0.1, -0.05) is 0 Å². The van der Waals surface area contributed by atoms with E-state index >= 15 is 0 Å². The standard InChI is InChI=1S/C34H18N2O2.C3H2N3.Bi.2Pt/c1-3-21-35-33(11-1)27-7-5-9-31(23-27)37-29-17-13-25(14-18-29)26-15-19-30(20-16-26)38-32-10-6-8-28(24-32)34-12-2-4-22-36-34;1-4-2-6-3-5-1;;;/h1-13,15,17,19,21-22H;1-2H;;;/q-4;;;2*+2. The second-order valence-corrected chi connectivity index (χ2v) is 17.6. The molecule has 0 fully saturated rings. The fraction of sp³-hybridized carbons (Fsp3) is 0. The van der Waals surface area contributed by atoms with E-state index in [4.69, 9.17) is 9.47 Å². The minimum atomic E-state index is -3.06. The molecular weight excluding hydrogens is 1150 g/mol. The van der Waals surface area contributed by atoms with Crippen molar-refractivity contribution in [3.63, 3.8) is 0 Å². The van der Waals surface area contributed by atoms with Crippen LogP contribution in [-0.4, -0.2) is 46.7 Å². The molecule has 4 heterocycles. The van der Waals surface area contributed by atoms with E-state index in [0.717, 1.165) is 43.7 Å². The van der Waals surface area contributed by atoms with Crippen molar-refractivity contribution in [2.75, 3.05) is 0 Å². The Balaban J connectivity index is 0.00000193. The van der Waals surface area contributed by atoms with Gasteiger partial charge < -0.3 is 0 Å². The van der Waals surface area contributed by atoms with Crippen molar-refractivity contribution in [1.29, 1.82) is 0 Å². The minimum absolute atomic E-state index is 0. The van der Waals surface area contributed by atoms with Crippen molar-refractivity contribution >= 4 is 31.8 Å². The van der Waals surface area contributed by atoms with Crippen molar-refractivity contribution in [2.45, 2.75) is 0 Å². The molecule has 3 aromatic heterocycles. The van der Waals surface area contributed by atoms with Crippen LogP contribution in [0.2, 0.25) is 0 Å². The zero-order chi connectivity index (χ0) is 30.0. The molecule has 0 saturated heterocycles. The summed E-state index contributed by atoms with van der Waals surface area (Å²) >= 11 is -3.06. The van der Waals surface area contributed by atoms with Crippen LogP contribution in [0.1, 0.15) is 0 Å². The van der Waals surface area contributed by atoms with E-state index in [-0.39, 0.29) is 42.1 Å². The summed E-state index contributed by atoms with van der Waals surface area (Å²) in [6, 6.07) is 45.0. The Morgan fingerprint density at radius 2 is 0.957 bits per heavy atom. The van der Waals surface area contributed by atoms with Crippen LogP contribution < -0.4 is 19.5 Å². The normalized spacial score (nSPS) is 11.4. The first-order chi connectivity index (χ1) is 22.3. The van der Waals surface area contributed by atoms with Gasteiger partial charge in [-0.25, -0.2) is 0 Å². The zero-order valence-corrected chi connectivity index (χ0v) is 32.2. The number of hydrogen-bond acceptors (Lipinski definition) is 7. The number of aromatic nitrogens is 5. The molecule has 10 heteroatoms. The quantitative estimate of drug-likeness (QED) is 0.159. The Bertz CT molecular complexity index is 2010. The average Bonchev–Trinajstić information content (AvgIpc) is 3.42. The molecule has 7 nitrogen and oxygen atoms in total. The van der Waals surface area contributed by atoms with Gasteiger partial charge in [-0.3, -0.25) is 0 Å². The number of ether oxygens (including phenoxy) is 2. The van der Waals surface area contributed by atoms with E-state index < -0.39 is 21.8 Å². The molecule has 0 spiro atoms. The molecule has 0 atom stereocenters. The monoisotopic (exact) mass is 1170 g/mol. The first-order valence-electron chi connectivity index (χ1n) is 14.1. The molecule has 4 aromatic carbocycles. The van der Waals surface area contributed by atoms with Gasteiger partial charge in [-0.2, -0.15) is 0 Å². The first-order valence-corrected chi connectivity index (χ1v) is 19.3. The van der Waals surface area contributed by atoms with Gasteiger partial charge >= 0.3 is 311 Å². The molecule has 8 rings (SSSR count). The van der Waals surface area contributed by atoms with E-state index in [0.29, 0.717) is 23.0 Å². The molecule has 230 valence electrons. The van der Waals surface area contributed by atoms with Crippen LogP contribution in [0.4, 0.5) is 0 Å². The molecular formula is C37H20BiN5O2Pt2. The van der Waals surface area contributed by atoms with Crippen molar-refractivity contribution in [2.24, 2.45) is 0 Å². The molecule has 0 bridgehead atoms. The predicted octanol–water partition coefficient (Wildman–Crippen LogP) is 5.27. The van der Waals surface area contributed by atoms with Crippen molar-refractivity contribution in [1.82, 2.24) is 24.9 Å². The number of hydrogen-bond donors (Lipinski definition) is 0. The maximum atomic E-state index is 6.30. The van der Waals surface area contributed by atoms with Gasteiger partial charge in [0.2, 0.25) is 0 Å². The van der Waals surface area contributed by atoms with E-state index in [1.807, 2.05) is 84.9 Å². The third-order valence-corrected chi connectivity index (χ3v) is 15.7. The SMILES string of the molecule is [Pt+2].[Pt+2].[c-]1c(Oc2[c-][c]3c(cc2)-c2ccc(Oc4[c-]c(-c5ccccn5)ccc4)[c-][c]2[Bi]3[c]2ncncn2)cccc1-c1ccccn1. The van der Waals surface area contributed by atoms with Crippen LogP contribution in [0.15, 0.2) is 122 Å². The van der Waals surface area contributed by atoms with E-state index in [1.165, 1.54) is 0 Å². The molecule has 0 amide bonds. The number of benzene rings is 4. The van der Waals surface area contributed by atoms with Gasteiger partial charge in [0.05, 0.1) is 0 Å². The van der Waals surface area contributed by atoms with Crippen molar-refractivity contribution in [3.8, 4) is 56.6 Å². The second-order valence-electron chi connectivity index (χ2n) is 9.93. The fourth-order valence-corrected chi connectivity index (χ4v) is 13.9. The molecule has 1 aliphatic rings. The van der Waals surface area contributed by atoms with Gasteiger partial charge in [0, 0.05) is 0 Å². The molecule has 0 radical (unpaired) electrons. The van der Waals surface area contributed by atoms with E-state index in [1.54, 1.807) is 25.0 Å². The van der Waals surface area contributed by atoms with Crippen molar-refractivity contribution in [3.05, 3.63) is 146 Å². The number of pyridine rings is 2. The molecule has 7 aromatic rings. The van der Waals surface area contributed by atoms with Crippen LogP contribution in [0.5, 0.6) is 23.0 Å². The summed E-state index contributed by atoms with van der Waals surface area (Å²) in [5.74, 6) is 2.37. The Morgan fingerprint density at radius 1 is 0.468 bits per heavy atom. The summed E-state index contributed by atoms with van der Waals surface area (Å²) in [7, 11) is 0. The second kappa shape index (κ2) is 14.9. The summed E-state index contributed by atoms with van der Waals surface area (Å²) < 4.78 is 15.5. The number of fused-ring (bicyclic) bond motifs is 3. The molecule has 0 unspecified atom stereocenters. The molecule has 1 aliphatic heterocycles. The van der Waals surface area contributed by atoms with E-state index in [9.17, 15) is 0 Å². The Labute approximate surface area is 308 Å². The molecule has 0 saturated carbocycles. The topological polar surface area (TPSA) is 82.9 Å². The van der Waals surface area contributed by atoms with Crippen LogP contribution >= 0.6 is 0 Å². The van der Waals surface area contributed by atoms with Crippen molar-refractivity contribution < 1.29 is 51.6 Å². The van der Waals surface area contributed by atoms with Gasteiger partial charge in [0.15, 0.2) is 0 Å². The zero-order valence-electron chi connectivity index (χ0n) is 24.2. The Morgan fingerprint density at radius 3 is 1.43 bits per heavy atom. The van der Waals surface area contributed by atoms with Crippen LogP contribution in [-0.2, 0) is 42.1 Å². The summed E-state index contributed by atoms with van der Waals surface area (Å²) in [5, 5.41) is 0. The van der Waals surface area contributed by atoms with Crippen LogP contribution in [0, 0.1) is 24.3 Å². The summed E-state index contributed by atoms with van der Waals surface area (Å²) in [6.45, 7) is 0. The fourth-order valence-electron chi connectivity index (χ4n) is 5.09. The van der Waals surface area contributed by atoms with Crippen LogP contribution in [0.3, 0.4) is 0 Å². The Hall–Kier alpha value is -3.95. The third kappa shape index (κ3) is 7.02. The summed E-state index contributed by atoms with van der Waals surface area (Å²) in [5.41, 5.74) is 5.55. The van der Waals surface area contributed by atoms with Gasteiger partial charge in [-0.15, -0.1) is 0 Å². The molecule has 0 aliphatic carbocycles. The summed E-state index contributed by atoms with van der Waals surface area (Å²) in [6.07, 6.45) is 6.63. The average molecular weight is 1170 g/mol. The maximum absolute atomic E-state index is 6.30. The number of rotatable bonds is 7. The van der Waals surface area contributed by atoms with E-state index in [2.05, 4.69) is 61.3 Å². The molecule has 47 heavy (non-hydrogen) atoms.